The van der Waals surface area contributed by atoms with E-state index < -0.39 is 12.1 Å². The Morgan fingerprint density at radius 1 is 1.26 bits per heavy atom. The molecular weight excluding hydrogens is 257 g/mol. The number of halogens is 3. The molecule has 0 aromatic carbocycles. The number of fused-ring (bicyclic) bond motifs is 2. The molecule has 0 saturated carbocycles. The van der Waals surface area contributed by atoms with Crippen molar-refractivity contribution in [2.75, 3.05) is 6.54 Å². The van der Waals surface area contributed by atoms with Crippen LogP contribution in [0.1, 0.15) is 40.0 Å². The molecule has 2 heterocycles. The quantitative estimate of drug-likeness (QED) is 0.840. The van der Waals surface area contributed by atoms with E-state index in [0.29, 0.717) is 25.8 Å². The molecule has 0 aromatic rings. The predicted octanol–water partition coefficient (Wildman–Crippen LogP) is 2.32. The van der Waals surface area contributed by atoms with Gasteiger partial charge in [-0.25, -0.2) is 0 Å². The fraction of sp³-hybridized carbons (Fsp3) is 0.923. The summed E-state index contributed by atoms with van der Waals surface area (Å²) in [5.74, 6) is -1.51. The number of hydrogen-bond acceptors (Lipinski definition) is 2. The van der Waals surface area contributed by atoms with Gasteiger partial charge in [0.1, 0.15) is 0 Å². The first-order valence-corrected chi connectivity index (χ1v) is 6.74. The van der Waals surface area contributed by atoms with Crippen LogP contribution in [0.15, 0.2) is 0 Å². The van der Waals surface area contributed by atoms with Crippen LogP contribution in [0, 0.1) is 5.92 Å². The largest absolute Gasteiger partial charge is 0.471 e. The summed E-state index contributed by atoms with van der Waals surface area (Å²) in [6.45, 7) is 6.75. The second-order valence-corrected chi connectivity index (χ2v) is 6.64. The van der Waals surface area contributed by atoms with Gasteiger partial charge in [0.2, 0.25) is 0 Å². The van der Waals surface area contributed by atoms with Crippen molar-refractivity contribution in [3.8, 4) is 0 Å². The molecule has 0 aromatic heterocycles. The molecule has 6 heteroatoms. The van der Waals surface area contributed by atoms with Crippen molar-refractivity contribution < 1.29 is 18.0 Å². The van der Waals surface area contributed by atoms with Crippen LogP contribution in [0.3, 0.4) is 0 Å². The normalized spacial score (nSPS) is 31.1. The number of amides is 1. The van der Waals surface area contributed by atoms with Gasteiger partial charge in [0, 0.05) is 24.2 Å². The molecule has 2 rings (SSSR count). The average molecular weight is 278 g/mol. The van der Waals surface area contributed by atoms with Crippen LogP contribution < -0.4 is 5.32 Å². The van der Waals surface area contributed by atoms with Gasteiger partial charge < -0.3 is 10.2 Å². The minimum absolute atomic E-state index is 0.0549. The third-order valence-electron chi connectivity index (χ3n) is 4.04. The molecule has 0 spiro atoms. The lowest BCUT2D eigenvalue weighted by atomic mass is 9.88. The molecule has 2 aliphatic rings. The van der Waals surface area contributed by atoms with Crippen LogP contribution in [0.2, 0.25) is 0 Å². The zero-order valence-electron chi connectivity index (χ0n) is 11.5. The highest BCUT2D eigenvalue weighted by Crippen LogP contribution is 2.43. The number of carbonyl (C=O) groups excluding carboxylic acids is 1. The third-order valence-corrected chi connectivity index (χ3v) is 4.04. The Bertz CT molecular complexity index is 362. The molecule has 1 amide bonds. The highest BCUT2D eigenvalue weighted by atomic mass is 19.4. The van der Waals surface area contributed by atoms with E-state index in [-0.39, 0.29) is 23.5 Å². The Labute approximate surface area is 111 Å². The summed E-state index contributed by atoms with van der Waals surface area (Å²) in [5.41, 5.74) is -0.0549. The van der Waals surface area contributed by atoms with Crippen molar-refractivity contribution in [2.45, 2.75) is 63.8 Å². The molecule has 2 bridgehead atoms. The van der Waals surface area contributed by atoms with Crippen molar-refractivity contribution in [1.29, 1.82) is 0 Å². The molecule has 3 nitrogen and oxygen atoms in total. The van der Waals surface area contributed by atoms with Gasteiger partial charge in [-0.1, -0.05) is 0 Å². The molecule has 19 heavy (non-hydrogen) atoms. The van der Waals surface area contributed by atoms with Gasteiger partial charge in [-0.15, -0.1) is 0 Å². The van der Waals surface area contributed by atoms with Gasteiger partial charge in [-0.2, -0.15) is 13.2 Å². The molecule has 2 fully saturated rings. The van der Waals surface area contributed by atoms with E-state index in [4.69, 9.17) is 0 Å². The second-order valence-electron chi connectivity index (χ2n) is 6.64. The minimum Gasteiger partial charge on any atom is -0.329 e. The van der Waals surface area contributed by atoms with E-state index in [1.807, 2.05) is 20.8 Å². The van der Waals surface area contributed by atoms with Crippen LogP contribution in [0.25, 0.3) is 0 Å². The molecule has 3 atom stereocenters. The standard InChI is InChI=1S/C13H21F3N2O/c1-12(2,3)17-7-8-6-9-4-5-10(8)18(9)11(19)13(14,15)16/h8-10,17H,4-7H2,1-3H3/t8-,9+,10-/m1/s1. The molecule has 2 aliphatic heterocycles. The number of hydrogen-bond donors (Lipinski definition) is 1. The molecular formula is C13H21F3N2O. The SMILES string of the molecule is CC(C)(C)NC[C@H]1C[C@@H]2CC[C@H]1N2C(=O)C(F)(F)F. The summed E-state index contributed by atoms with van der Waals surface area (Å²) in [7, 11) is 0. The summed E-state index contributed by atoms with van der Waals surface area (Å²) < 4.78 is 37.7. The Hall–Kier alpha value is -0.780. The summed E-state index contributed by atoms with van der Waals surface area (Å²) in [6, 6.07) is -0.458. The summed E-state index contributed by atoms with van der Waals surface area (Å²) >= 11 is 0. The lowest BCUT2D eigenvalue weighted by Crippen LogP contribution is -2.46. The van der Waals surface area contributed by atoms with Crippen LogP contribution in [-0.2, 0) is 4.79 Å². The first-order chi connectivity index (χ1) is 8.59. The fourth-order valence-corrected chi connectivity index (χ4v) is 3.23. The van der Waals surface area contributed by atoms with Gasteiger partial charge in [-0.3, -0.25) is 4.79 Å². The van der Waals surface area contributed by atoms with Crippen LogP contribution in [0.5, 0.6) is 0 Å². The molecule has 2 saturated heterocycles. The number of carbonyl (C=O) groups is 1. The maximum atomic E-state index is 12.6. The summed E-state index contributed by atoms with van der Waals surface area (Å²) in [6.07, 6.45) is -2.65. The van der Waals surface area contributed by atoms with Crippen molar-refractivity contribution in [3.05, 3.63) is 0 Å². The van der Waals surface area contributed by atoms with Crippen molar-refractivity contribution in [1.82, 2.24) is 10.2 Å². The van der Waals surface area contributed by atoms with E-state index >= 15 is 0 Å². The first kappa shape index (κ1) is 14.6. The molecule has 110 valence electrons. The number of nitrogens with one attached hydrogen (secondary N) is 1. The molecule has 1 N–H and O–H groups in total. The monoisotopic (exact) mass is 278 g/mol. The van der Waals surface area contributed by atoms with Gasteiger partial charge in [0.25, 0.3) is 0 Å². The Balaban J connectivity index is 2.01. The molecule has 0 radical (unpaired) electrons. The van der Waals surface area contributed by atoms with Crippen LogP contribution >= 0.6 is 0 Å². The number of nitrogens with zero attached hydrogens (tertiary/aromatic N) is 1. The van der Waals surface area contributed by atoms with E-state index in [2.05, 4.69) is 5.32 Å². The predicted molar refractivity (Wildman–Crippen MR) is 65.6 cm³/mol. The Morgan fingerprint density at radius 2 is 1.89 bits per heavy atom. The van der Waals surface area contributed by atoms with Crippen LogP contribution in [-0.4, -0.2) is 41.2 Å². The van der Waals surface area contributed by atoms with Gasteiger partial charge in [-0.05, 0) is 46.0 Å². The first-order valence-electron chi connectivity index (χ1n) is 6.74. The zero-order chi connectivity index (χ0) is 14.4. The van der Waals surface area contributed by atoms with E-state index in [1.165, 1.54) is 0 Å². The Morgan fingerprint density at radius 3 is 2.42 bits per heavy atom. The zero-order valence-corrected chi connectivity index (χ0v) is 11.5. The van der Waals surface area contributed by atoms with Gasteiger partial charge in [0.05, 0.1) is 0 Å². The van der Waals surface area contributed by atoms with E-state index in [9.17, 15) is 18.0 Å². The smallest absolute Gasteiger partial charge is 0.329 e. The van der Waals surface area contributed by atoms with Crippen molar-refractivity contribution in [2.24, 2.45) is 5.92 Å². The summed E-state index contributed by atoms with van der Waals surface area (Å²) in [5, 5.41) is 3.33. The maximum Gasteiger partial charge on any atom is 0.471 e. The number of alkyl halides is 3. The lowest BCUT2D eigenvalue weighted by Gasteiger charge is -2.28. The number of rotatable bonds is 2. The van der Waals surface area contributed by atoms with Crippen molar-refractivity contribution >= 4 is 5.91 Å². The lowest BCUT2D eigenvalue weighted by molar-refractivity contribution is -0.187. The van der Waals surface area contributed by atoms with E-state index in [1.54, 1.807) is 0 Å². The third kappa shape index (κ3) is 3.04. The summed E-state index contributed by atoms with van der Waals surface area (Å²) in [4.78, 5) is 12.5. The maximum absolute atomic E-state index is 12.6. The van der Waals surface area contributed by atoms with Crippen LogP contribution in [0.4, 0.5) is 13.2 Å². The molecule has 0 aliphatic carbocycles. The van der Waals surface area contributed by atoms with Crippen molar-refractivity contribution in [3.63, 3.8) is 0 Å². The Kier molecular flexibility index (Phi) is 3.58. The highest BCUT2D eigenvalue weighted by molar-refractivity contribution is 5.83. The van der Waals surface area contributed by atoms with Gasteiger partial charge >= 0.3 is 12.1 Å². The minimum atomic E-state index is -4.74. The topological polar surface area (TPSA) is 32.3 Å². The average Bonchev–Trinajstić information content (AvgIpc) is 2.79. The second kappa shape index (κ2) is 4.65. The fourth-order valence-electron chi connectivity index (χ4n) is 3.23. The van der Waals surface area contributed by atoms with Gasteiger partial charge in [0.15, 0.2) is 0 Å². The highest BCUT2D eigenvalue weighted by Gasteiger charge is 2.55. The van der Waals surface area contributed by atoms with E-state index in [0.717, 1.165) is 4.90 Å². The molecule has 0 unspecified atom stereocenters.